The number of aryl methyl sites for hydroxylation is 1. The average molecular weight is 184 g/mol. The van der Waals surface area contributed by atoms with Crippen LogP contribution in [-0.4, -0.2) is 30.3 Å². The molecule has 0 unspecified atom stereocenters. The van der Waals surface area contributed by atoms with Crippen LogP contribution in [0.1, 0.15) is 12.5 Å². The van der Waals surface area contributed by atoms with Crippen molar-refractivity contribution in [2.24, 2.45) is 0 Å². The summed E-state index contributed by atoms with van der Waals surface area (Å²) in [6.07, 6.45) is 4.95. The molecule has 0 aromatic carbocycles. The largest absolute Gasteiger partial charge is 0.359 e. The van der Waals surface area contributed by atoms with Crippen molar-refractivity contribution in [2.45, 2.75) is 19.9 Å². The highest BCUT2D eigenvalue weighted by Gasteiger charge is 1.95. The van der Waals surface area contributed by atoms with Gasteiger partial charge in [0.25, 0.3) is 0 Å². The van der Waals surface area contributed by atoms with Crippen molar-refractivity contribution in [3.8, 4) is 0 Å². The van der Waals surface area contributed by atoms with Gasteiger partial charge in [0.1, 0.15) is 6.79 Å². The van der Waals surface area contributed by atoms with Crippen LogP contribution in [0, 0.1) is 0 Å². The Bertz CT molecular complexity index is 235. The van der Waals surface area contributed by atoms with Gasteiger partial charge in [0, 0.05) is 13.3 Å². The SMILES string of the molecule is CCc1cnn(CCOCOC)c1. The van der Waals surface area contributed by atoms with Crippen LogP contribution >= 0.6 is 0 Å². The molecule has 0 bridgehead atoms. The number of hydrogen-bond acceptors (Lipinski definition) is 3. The molecule has 1 rings (SSSR count). The van der Waals surface area contributed by atoms with Crippen LogP contribution in [0.25, 0.3) is 0 Å². The van der Waals surface area contributed by atoms with E-state index in [2.05, 4.69) is 12.0 Å². The molecule has 4 nitrogen and oxygen atoms in total. The van der Waals surface area contributed by atoms with Crippen LogP contribution < -0.4 is 0 Å². The predicted molar refractivity (Wildman–Crippen MR) is 49.4 cm³/mol. The molecule has 1 heterocycles. The molecule has 0 aliphatic heterocycles. The lowest BCUT2D eigenvalue weighted by molar-refractivity contribution is -0.0336. The first-order valence-corrected chi connectivity index (χ1v) is 4.44. The van der Waals surface area contributed by atoms with Gasteiger partial charge in [0.2, 0.25) is 0 Å². The summed E-state index contributed by atoms with van der Waals surface area (Å²) in [6.45, 7) is 3.88. The van der Waals surface area contributed by atoms with Crippen LogP contribution in [0.2, 0.25) is 0 Å². The Morgan fingerprint density at radius 3 is 3.00 bits per heavy atom. The lowest BCUT2D eigenvalue weighted by Crippen LogP contribution is -2.07. The van der Waals surface area contributed by atoms with E-state index in [1.807, 2.05) is 17.1 Å². The van der Waals surface area contributed by atoms with E-state index >= 15 is 0 Å². The van der Waals surface area contributed by atoms with Gasteiger partial charge in [-0.15, -0.1) is 0 Å². The highest BCUT2D eigenvalue weighted by Crippen LogP contribution is 1.97. The molecule has 0 spiro atoms. The molecule has 0 aliphatic carbocycles. The molecular formula is C9H16N2O2. The van der Waals surface area contributed by atoms with E-state index in [0.29, 0.717) is 13.4 Å². The molecule has 0 fully saturated rings. The summed E-state index contributed by atoms with van der Waals surface area (Å²) < 4.78 is 11.8. The summed E-state index contributed by atoms with van der Waals surface area (Å²) in [7, 11) is 1.61. The summed E-state index contributed by atoms with van der Waals surface area (Å²) in [5, 5.41) is 4.18. The van der Waals surface area contributed by atoms with Gasteiger partial charge in [0.15, 0.2) is 0 Å². The van der Waals surface area contributed by atoms with Gasteiger partial charge in [-0.05, 0) is 12.0 Å². The minimum absolute atomic E-state index is 0.349. The molecule has 0 saturated carbocycles. The van der Waals surface area contributed by atoms with Crippen LogP contribution in [0.3, 0.4) is 0 Å². The Morgan fingerprint density at radius 1 is 1.54 bits per heavy atom. The standard InChI is InChI=1S/C9H16N2O2/c1-3-9-6-10-11(7-9)4-5-13-8-12-2/h6-7H,3-5,8H2,1-2H3. The third kappa shape index (κ3) is 3.57. The highest BCUT2D eigenvalue weighted by atomic mass is 16.7. The molecule has 0 radical (unpaired) electrons. The zero-order valence-corrected chi connectivity index (χ0v) is 8.19. The van der Waals surface area contributed by atoms with Gasteiger partial charge < -0.3 is 9.47 Å². The molecule has 13 heavy (non-hydrogen) atoms. The lowest BCUT2D eigenvalue weighted by atomic mass is 10.3. The maximum atomic E-state index is 5.15. The fourth-order valence-electron chi connectivity index (χ4n) is 1.01. The first-order chi connectivity index (χ1) is 6.36. The van der Waals surface area contributed by atoms with E-state index in [4.69, 9.17) is 9.47 Å². The van der Waals surface area contributed by atoms with E-state index in [9.17, 15) is 0 Å². The summed E-state index contributed by atoms with van der Waals surface area (Å²) in [4.78, 5) is 0. The lowest BCUT2D eigenvalue weighted by Gasteiger charge is -2.02. The number of hydrogen-bond donors (Lipinski definition) is 0. The Morgan fingerprint density at radius 2 is 2.38 bits per heavy atom. The number of methoxy groups -OCH3 is 1. The van der Waals surface area contributed by atoms with E-state index in [1.54, 1.807) is 7.11 Å². The second-order valence-corrected chi connectivity index (χ2v) is 2.78. The van der Waals surface area contributed by atoms with Crippen molar-refractivity contribution in [2.75, 3.05) is 20.5 Å². The van der Waals surface area contributed by atoms with Gasteiger partial charge in [-0.1, -0.05) is 6.92 Å². The molecule has 0 aliphatic rings. The molecule has 0 saturated heterocycles. The number of ether oxygens (including phenoxy) is 2. The van der Waals surface area contributed by atoms with Crippen molar-refractivity contribution in [1.82, 2.24) is 9.78 Å². The number of aromatic nitrogens is 2. The maximum absolute atomic E-state index is 5.15. The second kappa shape index (κ2) is 5.72. The van der Waals surface area contributed by atoms with Gasteiger partial charge in [-0.2, -0.15) is 5.10 Å². The quantitative estimate of drug-likeness (QED) is 0.490. The minimum atomic E-state index is 0.349. The average Bonchev–Trinajstić information content (AvgIpc) is 2.60. The Balaban J connectivity index is 2.20. The van der Waals surface area contributed by atoms with Gasteiger partial charge in [-0.25, -0.2) is 0 Å². The zero-order chi connectivity index (χ0) is 9.52. The molecular weight excluding hydrogens is 168 g/mol. The highest BCUT2D eigenvalue weighted by molar-refractivity contribution is 5.02. The van der Waals surface area contributed by atoms with Gasteiger partial charge in [-0.3, -0.25) is 4.68 Å². The van der Waals surface area contributed by atoms with Crippen LogP contribution in [0.15, 0.2) is 12.4 Å². The zero-order valence-electron chi connectivity index (χ0n) is 8.19. The molecule has 74 valence electrons. The predicted octanol–water partition coefficient (Wildman–Crippen LogP) is 1.07. The van der Waals surface area contributed by atoms with Crippen molar-refractivity contribution >= 4 is 0 Å². The van der Waals surface area contributed by atoms with Crippen LogP contribution in [0.5, 0.6) is 0 Å². The van der Waals surface area contributed by atoms with E-state index in [0.717, 1.165) is 13.0 Å². The van der Waals surface area contributed by atoms with Crippen LogP contribution in [-0.2, 0) is 22.4 Å². The summed E-state index contributed by atoms with van der Waals surface area (Å²) in [5.74, 6) is 0. The van der Waals surface area contributed by atoms with Crippen molar-refractivity contribution < 1.29 is 9.47 Å². The first-order valence-electron chi connectivity index (χ1n) is 4.44. The van der Waals surface area contributed by atoms with Crippen LogP contribution in [0.4, 0.5) is 0 Å². The summed E-state index contributed by atoms with van der Waals surface area (Å²) in [5.41, 5.74) is 1.26. The Kier molecular flexibility index (Phi) is 4.49. The third-order valence-corrected chi connectivity index (χ3v) is 1.76. The fraction of sp³-hybridized carbons (Fsp3) is 0.667. The smallest absolute Gasteiger partial charge is 0.146 e. The van der Waals surface area contributed by atoms with E-state index in [1.165, 1.54) is 5.56 Å². The second-order valence-electron chi connectivity index (χ2n) is 2.78. The van der Waals surface area contributed by atoms with Crippen molar-refractivity contribution in [1.29, 1.82) is 0 Å². The minimum Gasteiger partial charge on any atom is -0.359 e. The summed E-state index contributed by atoms with van der Waals surface area (Å²) in [6, 6.07) is 0. The number of nitrogens with zero attached hydrogens (tertiary/aromatic N) is 2. The first kappa shape index (κ1) is 10.2. The monoisotopic (exact) mass is 184 g/mol. The Hall–Kier alpha value is -0.870. The third-order valence-electron chi connectivity index (χ3n) is 1.76. The van der Waals surface area contributed by atoms with E-state index < -0.39 is 0 Å². The number of rotatable bonds is 6. The molecule has 4 heteroatoms. The van der Waals surface area contributed by atoms with Crippen molar-refractivity contribution in [3.05, 3.63) is 18.0 Å². The molecule has 1 aromatic rings. The van der Waals surface area contributed by atoms with E-state index in [-0.39, 0.29) is 0 Å². The molecule has 0 N–H and O–H groups in total. The summed E-state index contributed by atoms with van der Waals surface area (Å²) >= 11 is 0. The maximum Gasteiger partial charge on any atom is 0.146 e. The van der Waals surface area contributed by atoms with Gasteiger partial charge in [0.05, 0.1) is 19.3 Å². The normalized spacial score (nSPS) is 10.6. The van der Waals surface area contributed by atoms with Crippen molar-refractivity contribution in [3.63, 3.8) is 0 Å². The molecule has 0 atom stereocenters. The Labute approximate surface area is 78.5 Å². The fourth-order valence-corrected chi connectivity index (χ4v) is 1.01. The molecule has 0 amide bonds. The topological polar surface area (TPSA) is 36.3 Å². The van der Waals surface area contributed by atoms with Gasteiger partial charge >= 0.3 is 0 Å². The molecule has 1 aromatic heterocycles.